The number of ether oxygens (including phenoxy) is 1. The molecule has 0 saturated carbocycles. The van der Waals surface area contributed by atoms with Crippen molar-refractivity contribution in [1.82, 2.24) is 4.90 Å². The van der Waals surface area contributed by atoms with E-state index in [0.717, 1.165) is 4.90 Å². The van der Waals surface area contributed by atoms with E-state index in [4.69, 9.17) is 10.5 Å². The maximum absolute atomic E-state index is 12.0. The number of halogens is 2. The van der Waals surface area contributed by atoms with Gasteiger partial charge in [0.25, 0.3) is 6.43 Å². The second kappa shape index (κ2) is 7.53. The Morgan fingerprint density at radius 2 is 2.13 bits per heavy atom. The summed E-state index contributed by atoms with van der Waals surface area (Å²) >= 11 is 0. The van der Waals surface area contributed by atoms with Crippen molar-refractivity contribution < 1.29 is 18.3 Å². The Bertz CT molecular complexity index is 191. The summed E-state index contributed by atoms with van der Waals surface area (Å²) in [6, 6.07) is -0.719. The van der Waals surface area contributed by atoms with Gasteiger partial charge in [0.1, 0.15) is 0 Å². The molecule has 0 aromatic carbocycles. The lowest BCUT2D eigenvalue weighted by Crippen LogP contribution is -2.43. The van der Waals surface area contributed by atoms with Crippen molar-refractivity contribution in [2.45, 2.75) is 25.3 Å². The highest BCUT2D eigenvalue weighted by Gasteiger charge is 2.19. The maximum Gasteiger partial charge on any atom is 0.255 e. The van der Waals surface area contributed by atoms with E-state index in [1.165, 1.54) is 7.05 Å². The second-order valence-corrected chi connectivity index (χ2v) is 3.35. The topological polar surface area (TPSA) is 55.6 Å². The van der Waals surface area contributed by atoms with E-state index in [1.54, 1.807) is 7.11 Å². The van der Waals surface area contributed by atoms with Gasteiger partial charge in [-0.2, -0.15) is 0 Å². The molecule has 0 aromatic heterocycles. The van der Waals surface area contributed by atoms with Crippen LogP contribution in [0.3, 0.4) is 0 Å². The Kier molecular flexibility index (Phi) is 7.15. The first-order valence-electron chi connectivity index (χ1n) is 4.76. The summed E-state index contributed by atoms with van der Waals surface area (Å²) in [6.45, 7) is -0.0592. The highest BCUT2D eigenvalue weighted by Crippen LogP contribution is 2.02. The number of rotatable bonds is 7. The molecule has 0 rings (SSSR count). The van der Waals surface area contributed by atoms with Crippen LogP contribution >= 0.6 is 0 Å². The van der Waals surface area contributed by atoms with Crippen LogP contribution in [0.5, 0.6) is 0 Å². The van der Waals surface area contributed by atoms with Crippen LogP contribution in [0.1, 0.15) is 12.8 Å². The van der Waals surface area contributed by atoms with Gasteiger partial charge in [-0.15, -0.1) is 0 Å². The van der Waals surface area contributed by atoms with E-state index in [1.807, 2.05) is 0 Å². The molecular weight excluding hydrogens is 206 g/mol. The van der Waals surface area contributed by atoms with Crippen LogP contribution in [-0.4, -0.2) is 50.6 Å². The lowest BCUT2D eigenvalue weighted by molar-refractivity contribution is -0.133. The molecule has 6 heteroatoms. The van der Waals surface area contributed by atoms with Gasteiger partial charge in [-0.3, -0.25) is 4.79 Å². The fraction of sp³-hybridized carbons (Fsp3) is 0.889. The van der Waals surface area contributed by atoms with Gasteiger partial charge in [-0.25, -0.2) is 8.78 Å². The molecule has 0 aliphatic carbocycles. The molecule has 2 N–H and O–H groups in total. The van der Waals surface area contributed by atoms with Gasteiger partial charge in [0.15, 0.2) is 0 Å². The number of methoxy groups -OCH3 is 1. The summed E-state index contributed by atoms with van der Waals surface area (Å²) < 4.78 is 28.7. The van der Waals surface area contributed by atoms with Crippen molar-refractivity contribution in [2.24, 2.45) is 5.73 Å². The standard InChI is InChI=1S/C9H18F2N2O2/c1-13(6-8(10)11)9(14)7(12)4-3-5-15-2/h7-8H,3-6,12H2,1-2H3. The van der Waals surface area contributed by atoms with Gasteiger partial charge in [0, 0.05) is 20.8 Å². The number of alkyl halides is 2. The largest absolute Gasteiger partial charge is 0.385 e. The van der Waals surface area contributed by atoms with Crippen LogP contribution in [0, 0.1) is 0 Å². The minimum atomic E-state index is -2.52. The van der Waals surface area contributed by atoms with Crippen LogP contribution in [0.25, 0.3) is 0 Å². The summed E-state index contributed by atoms with van der Waals surface area (Å²) in [5.74, 6) is -0.452. The molecule has 1 atom stereocenters. The number of hydrogen-bond acceptors (Lipinski definition) is 3. The van der Waals surface area contributed by atoms with E-state index in [-0.39, 0.29) is 0 Å². The maximum atomic E-state index is 12.0. The Morgan fingerprint density at radius 1 is 1.53 bits per heavy atom. The summed E-state index contributed by atoms with van der Waals surface area (Å²) in [6.07, 6.45) is -1.43. The van der Waals surface area contributed by atoms with Gasteiger partial charge < -0.3 is 15.4 Å². The number of likely N-dealkylation sites (N-methyl/N-ethyl adjacent to an activating group) is 1. The van der Waals surface area contributed by atoms with E-state index < -0.39 is 24.9 Å². The predicted molar refractivity (Wildman–Crippen MR) is 52.7 cm³/mol. The average Bonchev–Trinajstić information content (AvgIpc) is 2.15. The average molecular weight is 224 g/mol. The first-order chi connectivity index (χ1) is 6.99. The van der Waals surface area contributed by atoms with Crippen molar-refractivity contribution in [3.8, 4) is 0 Å². The zero-order valence-electron chi connectivity index (χ0n) is 9.08. The lowest BCUT2D eigenvalue weighted by Gasteiger charge is -2.20. The number of carbonyl (C=O) groups is 1. The Hall–Kier alpha value is -0.750. The third-order valence-electron chi connectivity index (χ3n) is 1.97. The van der Waals surface area contributed by atoms with Gasteiger partial charge in [-0.05, 0) is 12.8 Å². The summed E-state index contributed by atoms with van der Waals surface area (Å²) in [4.78, 5) is 12.4. The Balaban J connectivity index is 3.85. The molecule has 0 saturated heterocycles. The van der Waals surface area contributed by atoms with Crippen molar-refractivity contribution >= 4 is 5.91 Å². The van der Waals surface area contributed by atoms with E-state index in [9.17, 15) is 13.6 Å². The highest BCUT2D eigenvalue weighted by molar-refractivity contribution is 5.81. The molecule has 0 fully saturated rings. The fourth-order valence-corrected chi connectivity index (χ4v) is 1.15. The molecule has 0 radical (unpaired) electrons. The predicted octanol–water partition coefficient (Wildman–Crippen LogP) is 0.464. The number of nitrogens with two attached hydrogens (primary N) is 1. The number of nitrogens with zero attached hydrogens (tertiary/aromatic N) is 1. The smallest absolute Gasteiger partial charge is 0.255 e. The van der Waals surface area contributed by atoms with Gasteiger partial charge in [0.05, 0.1) is 12.6 Å². The molecule has 0 heterocycles. The van der Waals surface area contributed by atoms with E-state index in [0.29, 0.717) is 19.4 Å². The van der Waals surface area contributed by atoms with Crippen LogP contribution in [0.15, 0.2) is 0 Å². The molecule has 0 aromatic rings. The number of amides is 1. The summed E-state index contributed by atoms with van der Waals surface area (Å²) in [7, 11) is 2.88. The first-order valence-corrected chi connectivity index (χ1v) is 4.76. The van der Waals surface area contributed by atoms with Crippen LogP contribution < -0.4 is 5.73 Å². The van der Waals surface area contributed by atoms with Crippen LogP contribution in [0.4, 0.5) is 8.78 Å². The van der Waals surface area contributed by atoms with E-state index in [2.05, 4.69) is 0 Å². The number of hydrogen-bond donors (Lipinski definition) is 1. The van der Waals surface area contributed by atoms with Crippen molar-refractivity contribution in [2.75, 3.05) is 27.3 Å². The van der Waals surface area contributed by atoms with Crippen molar-refractivity contribution in [3.63, 3.8) is 0 Å². The summed E-state index contributed by atoms with van der Waals surface area (Å²) in [5, 5.41) is 0. The monoisotopic (exact) mass is 224 g/mol. The lowest BCUT2D eigenvalue weighted by atomic mass is 10.1. The quantitative estimate of drug-likeness (QED) is 0.639. The second-order valence-electron chi connectivity index (χ2n) is 3.35. The molecule has 1 amide bonds. The SMILES string of the molecule is COCCCC(N)C(=O)N(C)CC(F)F. The zero-order chi connectivity index (χ0) is 11.8. The normalized spacial score (nSPS) is 12.9. The highest BCUT2D eigenvalue weighted by atomic mass is 19.3. The molecule has 1 unspecified atom stereocenters. The molecule has 15 heavy (non-hydrogen) atoms. The molecular formula is C9H18F2N2O2. The van der Waals surface area contributed by atoms with Crippen molar-refractivity contribution in [3.05, 3.63) is 0 Å². The summed E-state index contributed by atoms with van der Waals surface area (Å²) in [5.41, 5.74) is 5.54. The third kappa shape index (κ3) is 6.35. The Morgan fingerprint density at radius 3 is 2.60 bits per heavy atom. The number of carbonyl (C=O) groups excluding carboxylic acids is 1. The van der Waals surface area contributed by atoms with Gasteiger partial charge >= 0.3 is 0 Å². The molecule has 90 valence electrons. The molecule has 0 aliphatic rings. The molecule has 0 bridgehead atoms. The molecule has 0 spiro atoms. The zero-order valence-corrected chi connectivity index (χ0v) is 9.08. The fourth-order valence-electron chi connectivity index (χ4n) is 1.15. The minimum absolute atomic E-state index is 0.445. The minimum Gasteiger partial charge on any atom is -0.385 e. The van der Waals surface area contributed by atoms with Crippen LogP contribution in [0.2, 0.25) is 0 Å². The van der Waals surface area contributed by atoms with Crippen molar-refractivity contribution in [1.29, 1.82) is 0 Å². The molecule has 4 nitrogen and oxygen atoms in total. The van der Waals surface area contributed by atoms with Crippen LogP contribution in [-0.2, 0) is 9.53 Å². The third-order valence-corrected chi connectivity index (χ3v) is 1.97. The van der Waals surface area contributed by atoms with Gasteiger partial charge in [-0.1, -0.05) is 0 Å². The van der Waals surface area contributed by atoms with E-state index >= 15 is 0 Å². The Labute approximate surface area is 88.4 Å². The first kappa shape index (κ1) is 14.2. The van der Waals surface area contributed by atoms with Gasteiger partial charge in [0.2, 0.25) is 5.91 Å². The molecule has 0 aliphatic heterocycles.